The fourth-order valence-electron chi connectivity index (χ4n) is 4.94. The van der Waals surface area contributed by atoms with Crippen LogP contribution in [0.15, 0.2) is 86.9 Å². The summed E-state index contributed by atoms with van der Waals surface area (Å²) in [5.74, 6) is -0.237. The number of allylic oxidation sites excluding steroid dienone is 3. The number of unbranched alkanes of at least 4 members (excludes halogenated alkanes) is 2. The van der Waals surface area contributed by atoms with Crippen LogP contribution in [0.3, 0.4) is 0 Å². The van der Waals surface area contributed by atoms with Crippen LogP contribution in [-0.4, -0.2) is 39.1 Å². The highest BCUT2D eigenvalue weighted by atomic mass is 32.2. The highest BCUT2D eigenvalue weighted by molar-refractivity contribution is 8.00. The number of thioether (sulfide) groups is 1. The summed E-state index contributed by atoms with van der Waals surface area (Å²) in [5.41, 5.74) is 0.374. The number of halogens is 3. The van der Waals surface area contributed by atoms with E-state index in [4.69, 9.17) is 14.3 Å². The van der Waals surface area contributed by atoms with Crippen molar-refractivity contribution in [3.63, 3.8) is 0 Å². The molecule has 0 aliphatic rings. The molecule has 0 radical (unpaired) electrons. The van der Waals surface area contributed by atoms with Crippen LogP contribution >= 0.6 is 23.1 Å². The number of phenolic OH excluding ortho intramolecular Hbond substituents is 1. The molecule has 0 aliphatic heterocycles. The van der Waals surface area contributed by atoms with Crippen molar-refractivity contribution in [1.29, 1.82) is 0 Å². The molecule has 4 rings (SSSR count). The number of aromatic hydroxyl groups is 1. The first-order chi connectivity index (χ1) is 23.8. The second-order valence-corrected chi connectivity index (χ2v) is 13.5. The number of hydrogen-bond donors (Lipinski definition) is 3. The van der Waals surface area contributed by atoms with Gasteiger partial charge >= 0.3 is 12.3 Å². The lowest BCUT2D eigenvalue weighted by Crippen LogP contribution is -2.11. The van der Waals surface area contributed by atoms with Gasteiger partial charge in [-0.25, -0.2) is 4.79 Å². The Bertz CT molecular complexity index is 1930. The molecule has 14 heteroatoms. The number of ether oxygens (including phenoxy) is 2. The zero-order valence-electron chi connectivity index (χ0n) is 27.1. The molecule has 0 saturated heterocycles. The minimum atomic E-state index is -4.56. The van der Waals surface area contributed by atoms with Crippen molar-refractivity contribution in [2.24, 2.45) is 0 Å². The van der Waals surface area contributed by atoms with Crippen molar-refractivity contribution < 1.29 is 52.0 Å². The number of Topliss-reactive ketones (excluding diaryl/α,β-unsaturated/α-hetero) is 1. The van der Waals surface area contributed by atoms with Crippen molar-refractivity contribution in [3.8, 4) is 17.4 Å². The van der Waals surface area contributed by atoms with Crippen LogP contribution in [0.2, 0.25) is 0 Å². The van der Waals surface area contributed by atoms with E-state index in [1.807, 2.05) is 13.0 Å². The molecule has 4 aromatic rings. The van der Waals surface area contributed by atoms with Crippen LogP contribution in [0.5, 0.6) is 17.4 Å². The highest BCUT2D eigenvalue weighted by Gasteiger charge is 2.34. The van der Waals surface area contributed by atoms with Crippen LogP contribution in [-0.2, 0) is 12.6 Å². The molecule has 0 bridgehead atoms. The summed E-state index contributed by atoms with van der Waals surface area (Å²) in [6.45, 7) is 3.77. The monoisotopic (exact) mass is 732 g/mol. The van der Waals surface area contributed by atoms with Gasteiger partial charge in [-0.1, -0.05) is 37.6 Å². The van der Waals surface area contributed by atoms with E-state index in [0.29, 0.717) is 53.4 Å². The maximum absolute atomic E-state index is 13.3. The van der Waals surface area contributed by atoms with Crippen molar-refractivity contribution >= 4 is 46.0 Å². The maximum Gasteiger partial charge on any atom is 0.513 e. The normalized spacial score (nSPS) is 13.2. The number of aliphatic hydroxyl groups is 1. The molecular weight excluding hydrogens is 698 g/mol. The van der Waals surface area contributed by atoms with Crippen LogP contribution in [0.1, 0.15) is 71.3 Å². The third-order valence-corrected chi connectivity index (χ3v) is 9.75. The van der Waals surface area contributed by atoms with E-state index in [9.17, 15) is 37.8 Å². The number of carbonyl (C=O) groups is 2. The van der Waals surface area contributed by atoms with Gasteiger partial charge < -0.3 is 29.2 Å². The molecule has 2 atom stereocenters. The lowest BCUT2D eigenvalue weighted by molar-refractivity contribution is -0.134. The molecule has 2 heterocycles. The number of alkyl halides is 3. The topological polar surface area (TPSA) is 144 Å². The number of carboxylic acid groups (broad SMARTS) is 1. The molecule has 2 unspecified atom stereocenters. The molecule has 0 aliphatic carbocycles. The molecule has 2 aromatic heterocycles. The van der Waals surface area contributed by atoms with E-state index in [-0.39, 0.29) is 32.9 Å². The van der Waals surface area contributed by atoms with Gasteiger partial charge in [0.1, 0.15) is 28.1 Å². The molecule has 0 saturated carbocycles. The number of rotatable bonds is 16. The Labute approximate surface area is 293 Å². The van der Waals surface area contributed by atoms with E-state index in [2.05, 4.69) is 4.74 Å². The Morgan fingerprint density at radius 3 is 2.54 bits per heavy atom. The van der Waals surface area contributed by atoms with Crippen molar-refractivity contribution in [3.05, 3.63) is 104 Å². The van der Waals surface area contributed by atoms with Crippen LogP contribution in [0.4, 0.5) is 18.0 Å². The smallest absolute Gasteiger partial charge is 0.507 e. The molecule has 2 aromatic carbocycles. The van der Waals surface area contributed by atoms with E-state index in [1.54, 1.807) is 36.4 Å². The quantitative estimate of drug-likeness (QED) is 0.0335. The number of aliphatic hydroxyl groups excluding tert-OH is 1. The number of carbonyl (C=O) groups excluding carboxylic acids is 1. The van der Waals surface area contributed by atoms with Crippen molar-refractivity contribution in [2.75, 3.05) is 6.61 Å². The van der Waals surface area contributed by atoms with Gasteiger partial charge in [-0.3, -0.25) is 9.59 Å². The molecule has 0 fully saturated rings. The van der Waals surface area contributed by atoms with Crippen molar-refractivity contribution in [1.82, 2.24) is 0 Å². The summed E-state index contributed by atoms with van der Waals surface area (Å²) < 4.78 is 55.6. The van der Waals surface area contributed by atoms with Gasteiger partial charge in [0, 0.05) is 15.3 Å². The number of hydrogen-bond acceptors (Lipinski definition) is 10. The van der Waals surface area contributed by atoms with Crippen molar-refractivity contribution in [2.45, 2.75) is 68.4 Å². The zero-order chi connectivity index (χ0) is 36.4. The Kier molecular flexibility index (Phi) is 13.3. The lowest BCUT2D eigenvalue weighted by Gasteiger charge is -2.19. The van der Waals surface area contributed by atoms with Gasteiger partial charge in [-0.15, -0.1) is 23.1 Å². The van der Waals surface area contributed by atoms with E-state index < -0.39 is 39.9 Å². The summed E-state index contributed by atoms with van der Waals surface area (Å²) in [6, 6.07) is 10.8. The third kappa shape index (κ3) is 10.2. The van der Waals surface area contributed by atoms with Crippen LogP contribution in [0, 0.1) is 0 Å². The van der Waals surface area contributed by atoms with E-state index in [1.165, 1.54) is 25.1 Å². The first-order valence-electron chi connectivity index (χ1n) is 15.6. The summed E-state index contributed by atoms with van der Waals surface area (Å²) in [4.78, 5) is 34.9. The van der Waals surface area contributed by atoms with E-state index >= 15 is 0 Å². The molecule has 50 heavy (non-hydrogen) atoms. The van der Waals surface area contributed by atoms with Crippen LogP contribution < -0.4 is 14.9 Å². The Morgan fingerprint density at radius 1 is 1.08 bits per heavy atom. The number of fused-ring (bicyclic) bond motifs is 1. The third-order valence-electron chi connectivity index (χ3n) is 7.34. The largest absolute Gasteiger partial charge is 0.513 e. The summed E-state index contributed by atoms with van der Waals surface area (Å²) in [6.07, 6.45) is 2.98. The predicted molar refractivity (Wildman–Crippen MR) is 185 cm³/mol. The fraction of sp³-hybridized carbons (Fsp3) is 0.306. The highest BCUT2D eigenvalue weighted by Crippen LogP contribution is 2.41. The number of phenols is 1. The van der Waals surface area contributed by atoms with E-state index in [0.717, 1.165) is 36.7 Å². The maximum atomic E-state index is 13.3. The minimum Gasteiger partial charge on any atom is -0.507 e. The van der Waals surface area contributed by atoms with Crippen LogP contribution in [0.25, 0.3) is 11.0 Å². The average molecular weight is 733 g/mol. The molecule has 9 nitrogen and oxygen atoms in total. The lowest BCUT2D eigenvalue weighted by atomic mass is 10.0. The number of thiophene rings is 1. The molecular formula is C36H35F3O9S2. The molecule has 0 spiro atoms. The second kappa shape index (κ2) is 17.4. The van der Waals surface area contributed by atoms with Gasteiger partial charge in [-0.2, -0.15) is 13.2 Å². The Balaban J connectivity index is 1.42. The standard InChI is InChI=1S/C36H35F3O9S2/c1-3-10-25-27(15-14-23(21(2)40)33(25)42)46-18-9-7-5-4-6-8-11-29(34(43)30-16-17-31(50-30)36(37,38)39)49-22-12-13-24-26(41)20-32(48-35(44)45)47-28(24)19-22/h4,6,8,11-17,19-20,29,34,42-43H,3,5,7,9-10,18H2,1-2H3,(H,44,45)/b6-4-,11-8+. The number of ketones is 1. The second-order valence-electron chi connectivity index (χ2n) is 11.1. The molecule has 3 N–H and O–H groups in total. The SMILES string of the molecule is CCCc1c(OCCCC/C=C\C=C\C(Sc2ccc3c(=O)cc(OC(=O)O)oc3c2)C(O)c2ccc(C(F)(F)F)s2)ccc(C(C)=O)c1O. The molecule has 266 valence electrons. The minimum absolute atomic E-state index is 0.0294. The average Bonchev–Trinajstić information content (AvgIpc) is 3.55. The predicted octanol–water partition coefficient (Wildman–Crippen LogP) is 9.35. The Morgan fingerprint density at radius 2 is 1.86 bits per heavy atom. The first-order valence-corrected chi connectivity index (χ1v) is 17.3. The first kappa shape index (κ1) is 38.3. The fourth-order valence-corrected chi connectivity index (χ4v) is 7.01. The summed E-state index contributed by atoms with van der Waals surface area (Å²) in [7, 11) is 0. The van der Waals surface area contributed by atoms with Gasteiger partial charge in [0.05, 0.1) is 28.9 Å². The van der Waals surface area contributed by atoms with Gasteiger partial charge in [0.25, 0.3) is 5.95 Å². The van der Waals surface area contributed by atoms with Gasteiger partial charge in [0.15, 0.2) is 11.2 Å². The summed E-state index contributed by atoms with van der Waals surface area (Å²) >= 11 is 1.56. The van der Waals surface area contributed by atoms with Gasteiger partial charge in [0.2, 0.25) is 0 Å². The van der Waals surface area contributed by atoms with Gasteiger partial charge in [-0.05, 0) is 75.1 Å². The zero-order valence-corrected chi connectivity index (χ0v) is 28.7. The number of benzene rings is 2. The summed E-state index contributed by atoms with van der Waals surface area (Å²) in [5, 5.41) is 30.0. The molecule has 0 amide bonds. The Hall–Kier alpha value is -4.53.